The summed E-state index contributed by atoms with van der Waals surface area (Å²) in [5.41, 5.74) is 8.91. The maximum absolute atomic E-state index is 11.1. The van der Waals surface area contributed by atoms with Crippen LogP contribution in [-0.2, 0) is 17.8 Å². The highest BCUT2D eigenvalue weighted by molar-refractivity contribution is 5.82. The lowest BCUT2D eigenvalue weighted by Gasteiger charge is -2.17. The van der Waals surface area contributed by atoms with E-state index in [0.717, 1.165) is 40.4 Å². The summed E-state index contributed by atoms with van der Waals surface area (Å²) in [6.45, 7) is 7.54. The van der Waals surface area contributed by atoms with Crippen LogP contribution in [-0.4, -0.2) is 27.2 Å². The van der Waals surface area contributed by atoms with E-state index in [-0.39, 0.29) is 12.3 Å². The number of carboxylic acids is 1. The predicted octanol–water partition coefficient (Wildman–Crippen LogP) is 5.77. The molecule has 0 saturated carbocycles. The maximum atomic E-state index is 11.1. The highest BCUT2D eigenvalue weighted by Gasteiger charge is 2.26. The van der Waals surface area contributed by atoms with Gasteiger partial charge in [0.15, 0.2) is 0 Å². The number of nitrogens with zero attached hydrogens (tertiary/aromatic N) is 2. The molecular weight excluding hydrogens is 426 g/mol. The number of nitrogens with one attached hydrogen (secondary N) is 1. The van der Waals surface area contributed by atoms with E-state index in [1.807, 2.05) is 18.2 Å². The number of anilines is 1. The van der Waals surface area contributed by atoms with Gasteiger partial charge in [-0.1, -0.05) is 37.3 Å². The Morgan fingerprint density at radius 2 is 2.00 bits per heavy atom. The molecular formula is C28H29N3O3. The highest BCUT2D eigenvalue weighted by atomic mass is 16.5. The molecule has 2 N–H and O–H groups in total. The van der Waals surface area contributed by atoms with Crippen molar-refractivity contribution in [3.05, 3.63) is 82.7 Å². The number of ether oxygens (including phenoxy) is 1. The lowest BCUT2D eigenvalue weighted by atomic mass is 9.98. The fourth-order valence-corrected chi connectivity index (χ4v) is 4.91. The van der Waals surface area contributed by atoms with Crippen LogP contribution in [0.1, 0.15) is 47.3 Å². The zero-order valence-electron chi connectivity index (χ0n) is 19.8. The fourth-order valence-electron chi connectivity index (χ4n) is 4.91. The second-order valence-corrected chi connectivity index (χ2v) is 8.93. The molecule has 0 saturated heterocycles. The molecule has 3 aromatic carbocycles. The van der Waals surface area contributed by atoms with Crippen LogP contribution in [0.2, 0.25) is 0 Å². The summed E-state index contributed by atoms with van der Waals surface area (Å²) in [5, 5.41) is 12.6. The zero-order chi connectivity index (χ0) is 23.8. The summed E-state index contributed by atoms with van der Waals surface area (Å²) in [6, 6.07) is 18.6. The molecule has 1 unspecified atom stereocenters. The van der Waals surface area contributed by atoms with Crippen molar-refractivity contribution in [2.24, 2.45) is 0 Å². The molecule has 0 amide bonds. The topological polar surface area (TPSA) is 76.4 Å². The average molecular weight is 456 g/mol. The number of carbonyl (C=O) groups is 1. The van der Waals surface area contributed by atoms with Gasteiger partial charge in [0.25, 0.3) is 0 Å². The number of fused-ring (bicyclic) bond motifs is 2. The van der Waals surface area contributed by atoms with Gasteiger partial charge >= 0.3 is 5.97 Å². The fraction of sp³-hybridized carbons (Fsp3) is 0.286. The maximum Gasteiger partial charge on any atom is 0.304 e. The molecule has 1 aliphatic heterocycles. The van der Waals surface area contributed by atoms with Crippen molar-refractivity contribution in [1.82, 2.24) is 9.55 Å². The summed E-state index contributed by atoms with van der Waals surface area (Å²) < 4.78 is 8.06. The largest absolute Gasteiger partial charge is 0.493 e. The minimum Gasteiger partial charge on any atom is -0.493 e. The summed E-state index contributed by atoms with van der Waals surface area (Å²) in [7, 11) is 0. The monoisotopic (exact) mass is 455 g/mol. The molecule has 0 spiro atoms. The summed E-state index contributed by atoms with van der Waals surface area (Å²) in [6.07, 6.45) is 0.946. The van der Waals surface area contributed by atoms with Gasteiger partial charge in [0.2, 0.25) is 0 Å². The van der Waals surface area contributed by atoms with Gasteiger partial charge in [-0.25, -0.2) is 4.98 Å². The molecule has 34 heavy (non-hydrogen) atoms. The number of aryl methyl sites for hydroxylation is 2. The lowest BCUT2D eigenvalue weighted by molar-refractivity contribution is -0.137. The first-order valence-electron chi connectivity index (χ1n) is 11.7. The summed E-state index contributed by atoms with van der Waals surface area (Å²) in [5.74, 6) is 0.951. The number of aliphatic carboxylic acids is 1. The Hall–Kier alpha value is -3.80. The highest BCUT2D eigenvalue weighted by Crippen LogP contribution is 2.38. The van der Waals surface area contributed by atoms with Crippen LogP contribution in [0.3, 0.4) is 0 Å². The molecule has 2 heterocycles. The van der Waals surface area contributed by atoms with Gasteiger partial charge in [0.05, 0.1) is 29.7 Å². The third-order valence-corrected chi connectivity index (χ3v) is 6.72. The van der Waals surface area contributed by atoms with Gasteiger partial charge in [-0.05, 0) is 48.7 Å². The number of rotatable bonds is 7. The Kier molecular flexibility index (Phi) is 5.74. The third kappa shape index (κ3) is 3.89. The first-order valence-corrected chi connectivity index (χ1v) is 11.7. The number of hydrogen-bond acceptors (Lipinski definition) is 4. The lowest BCUT2D eigenvalue weighted by Crippen LogP contribution is -2.07. The minimum absolute atomic E-state index is 0.0818. The number of benzene rings is 3. The molecule has 5 rings (SSSR count). The number of imidazole rings is 1. The van der Waals surface area contributed by atoms with Gasteiger partial charge in [0, 0.05) is 36.2 Å². The van der Waals surface area contributed by atoms with E-state index in [1.165, 1.54) is 22.2 Å². The normalized spacial score (nSPS) is 14.7. The third-order valence-electron chi connectivity index (χ3n) is 6.72. The van der Waals surface area contributed by atoms with Crippen LogP contribution < -0.4 is 10.1 Å². The van der Waals surface area contributed by atoms with E-state index >= 15 is 0 Å². The molecule has 0 aliphatic carbocycles. The Labute approximate surface area is 199 Å². The van der Waals surface area contributed by atoms with Crippen LogP contribution in [0.25, 0.3) is 16.7 Å². The molecule has 4 aromatic rings. The average Bonchev–Trinajstić information content (AvgIpc) is 3.39. The molecule has 1 aliphatic rings. The number of para-hydroxylation sites is 1. The smallest absolute Gasteiger partial charge is 0.304 e. The van der Waals surface area contributed by atoms with Crippen molar-refractivity contribution in [2.75, 3.05) is 11.9 Å². The minimum atomic E-state index is -0.800. The van der Waals surface area contributed by atoms with Crippen LogP contribution in [0.15, 0.2) is 54.6 Å². The molecule has 1 atom stereocenters. The Balaban J connectivity index is 1.42. The second kappa shape index (κ2) is 8.86. The van der Waals surface area contributed by atoms with Crippen LogP contribution >= 0.6 is 0 Å². The van der Waals surface area contributed by atoms with Gasteiger partial charge in [-0.2, -0.15) is 0 Å². The Bertz CT molecular complexity index is 1390. The van der Waals surface area contributed by atoms with Crippen molar-refractivity contribution >= 4 is 22.7 Å². The van der Waals surface area contributed by atoms with E-state index in [1.54, 1.807) is 0 Å². The van der Waals surface area contributed by atoms with Crippen molar-refractivity contribution in [3.63, 3.8) is 0 Å². The zero-order valence-corrected chi connectivity index (χ0v) is 19.8. The van der Waals surface area contributed by atoms with E-state index in [2.05, 4.69) is 67.1 Å². The van der Waals surface area contributed by atoms with Crippen molar-refractivity contribution < 1.29 is 14.6 Å². The molecule has 174 valence electrons. The van der Waals surface area contributed by atoms with Crippen LogP contribution in [0.4, 0.5) is 5.69 Å². The van der Waals surface area contributed by atoms with Crippen molar-refractivity contribution in [2.45, 2.75) is 46.1 Å². The molecule has 6 nitrogen and oxygen atoms in total. The Morgan fingerprint density at radius 3 is 2.79 bits per heavy atom. The van der Waals surface area contributed by atoms with Gasteiger partial charge in [-0.15, -0.1) is 0 Å². The standard InChI is InChI=1S/C28H29N3O3/c1-4-26-30-23-9-5-7-17(2)28(23)31(26)24-10-6-8-19(18(24)3)15-29-21-11-12-22-20(13-27(32)33)16-34-25(22)14-21/h5-12,14,20,29H,4,13,15-16H2,1-3H3,(H,32,33). The first-order chi connectivity index (χ1) is 16.5. The van der Waals surface area contributed by atoms with E-state index < -0.39 is 5.97 Å². The second-order valence-electron chi connectivity index (χ2n) is 8.93. The summed E-state index contributed by atoms with van der Waals surface area (Å²) in [4.78, 5) is 16.0. The molecule has 1 aromatic heterocycles. The summed E-state index contributed by atoms with van der Waals surface area (Å²) >= 11 is 0. The number of carboxylic acid groups (broad SMARTS) is 1. The van der Waals surface area contributed by atoms with Gasteiger partial charge in [-0.3, -0.25) is 9.36 Å². The van der Waals surface area contributed by atoms with E-state index in [9.17, 15) is 4.79 Å². The van der Waals surface area contributed by atoms with E-state index in [4.69, 9.17) is 14.8 Å². The quantitative estimate of drug-likeness (QED) is 0.370. The van der Waals surface area contributed by atoms with Crippen LogP contribution in [0.5, 0.6) is 5.75 Å². The van der Waals surface area contributed by atoms with Gasteiger partial charge < -0.3 is 15.2 Å². The van der Waals surface area contributed by atoms with Crippen LogP contribution in [0, 0.1) is 13.8 Å². The predicted molar refractivity (Wildman–Crippen MR) is 134 cm³/mol. The molecule has 6 heteroatoms. The van der Waals surface area contributed by atoms with Crippen molar-refractivity contribution in [3.8, 4) is 11.4 Å². The van der Waals surface area contributed by atoms with Gasteiger partial charge in [0.1, 0.15) is 11.6 Å². The van der Waals surface area contributed by atoms with Crippen molar-refractivity contribution in [1.29, 1.82) is 0 Å². The number of hydrogen-bond donors (Lipinski definition) is 2. The van der Waals surface area contributed by atoms with E-state index in [0.29, 0.717) is 13.2 Å². The molecule has 0 radical (unpaired) electrons. The SMILES string of the molecule is CCc1nc2cccc(C)c2n1-c1cccc(CNc2ccc3c(c2)OCC3CC(=O)O)c1C. The number of aromatic nitrogens is 2. The first kappa shape index (κ1) is 22.0. The Morgan fingerprint density at radius 1 is 1.18 bits per heavy atom. The molecule has 0 fully saturated rings. The molecule has 0 bridgehead atoms.